The van der Waals surface area contributed by atoms with Gasteiger partial charge in [-0.1, -0.05) is 49.7 Å². The highest BCUT2D eigenvalue weighted by molar-refractivity contribution is 6.37. The fourth-order valence-electron chi connectivity index (χ4n) is 2.32. The zero-order valence-electron chi connectivity index (χ0n) is 10.9. The molecular weight excluding hydrogens is 260 g/mol. The Balaban J connectivity index is 2.31. The first-order valence-corrected chi connectivity index (χ1v) is 6.74. The number of hydrogen-bond acceptors (Lipinski definition) is 2. The van der Waals surface area contributed by atoms with Crippen LogP contribution in [-0.4, -0.2) is 5.11 Å². The molecule has 0 radical (unpaired) electrons. The van der Waals surface area contributed by atoms with E-state index < -0.39 is 6.10 Å². The lowest BCUT2D eigenvalue weighted by atomic mass is 10.0. The number of benzene rings is 2. The summed E-state index contributed by atoms with van der Waals surface area (Å²) < 4.78 is 5.85. The molecule has 0 aliphatic carbocycles. The van der Waals surface area contributed by atoms with Gasteiger partial charge in [-0.2, -0.15) is 0 Å². The topological polar surface area (TPSA) is 33.4 Å². The molecule has 3 aromatic rings. The lowest BCUT2D eigenvalue weighted by Gasteiger charge is -2.10. The third-order valence-electron chi connectivity index (χ3n) is 3.41. The second kappa shape index (κ2) is 4.55. The molecule has 2 nitrogen and oxygen atoms in total. The fourth-order valence-corrected chi connectivity index (χ4v) is 2.60. The predicted octanol–water partition coefficient (Wildman–Crippen LogP) is 4.93. The van der Waals surface area contributed by atoms with E-state index in [0.717, 1.165) is 21.7 Å². The maximum absolute atomic E-state index is 10.1. The van der Waals surface area contributed by atoms with Crippen molar-refractivity contribution in [3.63, 3.8) is 0 Å². The van der Waals surface area contributed by atoms with Gasteiger partial charge in [-0.3, -0.25) is 0 Å². The van der Waals surface area contributed by atoms with Crippen LogP contribution in [0.1, 0.15) is 25.7 Å². The first-order valence-electron chi connectivity index (χ1n) is 6.36. The number of aliphatic hydroxyl groups excluding tert-OH is 1. The Morgan fingerprint density at radius 2 is 1.79 bits per heavy atom. The van der Waals surface area contributed by atoms with Crippen molar-refractivity contribution in [2.75, 3.05) is 0 Å². The maximum Gasteiger partial charge on any atom is 0.142 e. The van der Waals surface area contributed by atoms with Gasteiger partial charge in [0.05, 0.1) is 0 Å². The first kappa shape index (κ1) is 12.5. The summed E-state index contributed by atoms with van der Waals surface area (Å²) in [6.07, 6.45) is -0.593. The summed E-state index contributed by atoms with van der Waals surface area (Å²) in [5.41, 5.74) is 0.787. The molecule has 1 unspecified atom stereocenters. The first-order chi connectivity index (χ1) is 9.08. The molecule has 0 saturated carbocycles. The smallest absolute Gasteiger partial charge is 0.142 e. The summed E-state index contributed by atoms with van der Waals surface area (Å²) in [5, 5.41) is 13.7. The van der Waals surface area contributed by atoms with Crippen molar-refractivity contribution in [1.82, 2.24) is 0 Å². The van der Waals surface area contributed by atoms with E-state index in [4.69, 9.17) is 16.0 Å². The van der Waals surface area contributed by atoms with E-state index in [2.05, 4.69) is 0 Å². The van der Waals surface area contributed by atoms with E-state index in [0.29, 0.717) is 10.8 Å². The lowest BCUT2D eigenvalue weighted by Crippen LogP contribution is -2.03. The van der Waals surface area contributed by atoms with Crippen molar-refractivity contribution in [2.24, 2.45) is 5.92 Å². The van der Waals surface area contributed by atoms with Crippen molar-refractivity contribution >= 4 is 33.3 Å². The molecule has 19 heavy (non-hydrogen) atoms. The average molecular weight is 275 g/mol. The SMILES string of the molecule is CC(C)C(O)c1cc2cc(Cl)c3ccccc3c2o1. The van der Waals surface area contributed by atoms with Crippen LogP contribution in [0.3, 0.4) is 0 Å². The average Bonchev–Trinajstić information content (AvgIpc) is 2.82. The van der Waals surface area contributed by atoms with Gasteiger partial charge in [-0.25, -0.2) is 0 Å². The Morgan fingerprint density at radius 3 is 2.47 bits per heavy atom. The van der Waals surface area contributed by atoms with Crippen molar-refractivity contribution in [2.45, 2.75) is 20.0 Å². The Morgan fingerprint density at radius 1 is 1.11 bits per heavy atom. The number of aliphatic hydroxyl groups is 1. The minimum Gasteiger partial charge on any atom is -0.458 e. The molecule has 1 N–H and O–H groups in total. The quantitative estimate of drug-likeness (QED) is 0.719. The Kier molecular flexibility index (Phi) is 3.00. The molecule has 2 aromatic carbocycles. The third-order valence-corrected chi connectivity index (χ3v) is 3.73. The number of rotatable bonds is 2. The molecule has 0 aliphatic heterocycles. The highest BCUT2D eigenvalue weighted by Gasteiger charge is 2.18. The van der Waals surface area contributed by atoms with Crippen LogP contribution in [-0.2, 0) is 0 Å². The summed E-state index contributed by atoms with van der Waals surface area (Å²) in [6, 6.07) is 11.6. The van der Waals surface area contributed by atoms with Gasteiger partial charge < -0.3 is 9.52 Å². The Bertz CT molecular complexity index is 743. The molecule has 1 heterocycles. The fraction of sp³-hybridized carbons (Fsp3) is 0.250. The van der Waals surface area contributed by atoms with Crippen molar-refractivity contribution in [3.05, 3.63) is 47.2 Å². The molecular formula is C16H15ClO2. The van der Waals surface area contributed by atoms with E-state index in [9.17, 15) is 5.11 Å². The molecule has 0 bridgehead atoms. The number of furan rings is 1. The monoisotopic (exact) mass is 274 g/mol. The van der Waals surface area contributed by atoms with E-state index in [-0.39, 0.29) is 5.92 Å². The molecule has 98 valence electrons. The standard InChI is InChI=1S/C16H15ClO2/c1-9(2)15(18)14-8-10-7-13(17)11-5-3-4-6-12(11)16(10)19-14/h3-9,15,18H,1-2H3. The number of fused-ring (bicyclic) bond motifs is 3. The van der Waals surface area contributed by atoms with Crippen molar-refractivity contribution in [3.8, 4) is 0 Å². The lowest BCUT2D eigenvalue weighted by molar-refractivity contribution is 0.105. The summed E-state index contributed by atoms with van der Waals surface area (Å²) in [5.74, 6) is 0.708. The van der Waals surface area contributed by atoms with Crippen molar-refractivity contribution < 1.29 is 9.52 Å². The molecule has 3 rings (SSSR count). The predicted molar refractivity (Wildman–Crippen MR) is 78.5 cm³/mol. The molecule has 0 saturated heterocycles. The van der Waals surface area contributed by atoms with E-state index in [1.165, 1.54) is 0 Å². The van der Waals surface area contributed by atoms with Gasteiger partial charge >= 0.3 is 0 Å². The number of hydrogen-bond donors (Lipinski definition) is 1. The molecule has 0 aliphatic rings. The van der Waals surface area contributed by atoms with Crippen LogP contribution in [0.25, 0.3) is 21.7 Å². The van der Waals surface area contributed by atoms with Crippen LogP contribution in [0, 0.1) is 5.92 Å². The minimum atomic E-state index is -0.593. The van der Waals surface area contributed by atoms with Crippen LogP contribution in [0.15, 0.2) is 40.8 Å². The summed E-state index contributed by atoms with van der Waals surface area (Å²) >= 11 is 6.28. The maximum atomic E-state index is 10.1. The summed E-state index contributed by atoms with van der Waals surface area (Å²) in [7, 11) is 0. The third kappa shape index (κ3) is 2.01. The highest BCUT2D eigenvalue weighted by Crippen LogP contribution is 2.36. The van der Waals surface area contributed by atoms with Gasteiger partial charge in [0.1, 0.15) is 17.4 Å². The van der Waals surface area contributed by atoms with E-state index in [1.807, 2.05) is 50.2 Å². The highest BCUT2D eigenvalue weighted by atomic mass is 35.5. The van der Waals surface area contributed by atoms with Gasteiger partial charge in [0.15, 0.2) is 0 Å². The summed E-state index contributed by atoms with van der Waals surface area (Å²) in [4.78, 5) is 0. The van der Waals surface area contributed by atoms with Gasteiger partial charge in [-0.05, 0) is 18.1 Å². The molecule has 0 amide bonds. The van der Waals surface area contributed by atoms with Crippen LogP contribution in [0.4, 0.5) is 0 Å². The van der Waals surface area contributed by atoms with Gasteiger partial charge in [0.2, 0.25) is 0 Å². The second-order valence-corrected chi connectivity index (χ2v) is 5.57. The summed E-state index contributed by atoms with van der Waals surface area (Å²) in [6.45, 7) is 3.92. The normalized spacial score (nSPS) is 13.5. The van der Waals surface area contributed by atoms with Crippen LogP contribution in [0.5, 0.6) is 0 Å². The van der Waals surface area contributed by atoms with E-state index in [1.54, 1.807) is 0 Å². The zero-order valence-corrected chi connectivity index (χ0v) is 11.6. The largest absolute Gasteiger partial charge is 0.458 e. The minimum absolute atomic E-state index is 0.113. The Hall–Kier alpha value is -1.51. The molecule has 3 heteroatoms. The van der Waals surface area contributed by atoms with E-state index >= 15 is 0 Å². The molecule has 1 atom stereocenters. The van der Waals surface area contributed by atoms with Crippen molar-refractivity contribution in [1.29, 1.82) is 0 Å². The van der Waals surface area contributed by atoms with Crippen LogP contribution in [0.2, 0.25) is 5.02 Å². The van der Waals surface area contributed by atoms with Crippen LogP contribution >= 0.6 is 11.6 Å². The van der Waals surface area contributed by atoms with Gasteiger partial charge in [0, 0.05) is 21.2 Å². The molecule has 1 aromatic heterocycles. The molecule has 0 spiro atoms. The Labute approximate surface area is 116 Å². The molecule has 0 fully saturated rings. The van der Waals surface area contributed by atoms with Crippen LogP contribution < -0.4 is 0 Å². The second-order valence-electron chi connectivity index (χ2n) is 5.16. The van der Waals surface area contributed by atoms with Gasteiger partial charge in [-0.15, -0.1) is 0 Å². The zero-order chi connectivity index (χ0) is 13.6. The number of halogens is 1. The van der Waals surface area contributed by atoms with Gasteiger partial charge in [0.25, 0.3) is 0 Å².